The van der Waals surface area contributed by atoms with Crippen molar-refractivity contribution in [2.24, 2.45) is 9.98 Å². The molecule has 0 saturated carbocycles. The fourth-order valence-corrected chi connectivity index (χ4v) is 1.74. The summed E-state index contributed by atoms with van der Waals surface area (Å²) >= 11 is 10.8. The Balaban J connectivity index is 2.99. The monoisotopic (exact) mass is 232 g/mol. The maximum Gasteiger partial charge on any atom is 0.0584 e. The van der Waals surface area contributed by atoms with Crippen LogP contribution in [0.25, 0.3) is 0 Å². The van der Waals surface area contributed by atoms with Crippen molar-refractivity contribution in [1.82, 2.24) is 0 Å². The molecule has 0 atom stereocenters. The van der Waals surface area contributed by atoms with Gasteiger partial charge < -0.3 is 0 Å². The largest absolute Gasteiger partial charge is 0.233 e. The van der Waals surface area contributed by atoms with Crippen molar-refractivity contribution in [3.63, 3.8) is 0 Å². The molecule has 2 nitrogen and oxygen atoms in total. The second-order valence-electron chi connectivity index (χ2n) is 2.27. The van der Waals surface area contributed by atoms with Gasteiger partial charge in [-0.15, -0.1) is 0 Å². The van der Waals surface area contributed by atoms with Crippen LogP contribution in [0.1, 0.15) is 12.8 Å². The summed E-state index contributed by atoms with van der Waals surface area (Å²) in [6, 6.07) is 0. The molecule has 13 heavy (non-hydrogen) atoms. The van der Waals surface area contributed by atoms with Crippen LogP contribution in [-0.2, 0) is 0 Å². The van der Waals surface area contributed by atoms with E-state index < -0.39 is 0 Å². The first-order chi connectivity index (χ1) is 6.41. The van der Waals surface area contributed by atoms with E-state index in [2.05, 4.69) is 44.7 Å². The first-order valence-corrected chi connectivity index (χ1v) is 6.04. The summed E-state index contributed by atoms with van der Waals surface area (Å²) in [6.45, 7) is 1.60. The third-order valence-electron chi connectivity index (χ3n) is 1.25. The summed E-state index contributed by atoms with van der Waals surface area (Å²) in [6.07, 6.45) is 2.15. The molecule has 0 aliphatic heterocycles. The quantitative estimate of drug-likeness (QED) is 0.365. The van der Waals surface area contributed by atoms with Gasteiger partial charge in [-0.2, -0.15) is 11.8 Å². The number of isothiocyanates is 2. The number of thioether (sulfide) groups is 1. The van der Waals surface area contributed by atoms with Crippen LogP contribution in [-0.4, -0.2) is 34.9 Å². The predicted octanol–water partition coefficient (Wildman–Crippen LogP) is 2.71. The van der Waals surface area contributed by atoms with Crippen LogP contribution >= 0.6 is 36.2 Å². The first kappa shape index (κ1) is 12.9. The lowest BCUT2D eigenvalue weighted by atomic mass is 10.5. The number of aliphatic imine (C=N–C) groups is 2. The van der Waals surface area contributed by atoms with Crippen LogP contribution in [0.15, 0.2) is 9.98 Å². The van der Waals surface area contributed by atoms with Crippen molar-refractivity contribution in [1.29, 1.82) is 0 Å². The van der Waals surface area contributed by atoms with Crippen molar-refractivity contribution >= 4 is 46.5 Å². The van der Waals surface area contributed by atoms with Gasteiger partial charge in [0, 0.05) is 0 Å². The summed E-state index contributed by atoms with van der Waals surface area (Å²) < 4.78 is 0. The van der Waals surface area contributed by atoms with Crippen LogP contribution in [0.2, 0.25) is 0 Å². The third-order valence-corrected chi connectivity index (χ3v) is 2.66. The highest BCUT2D eigenvalue weighted by Gasteiger charge is 1.88. The Morgan fingerprint density at radius 2 is 1.38 bits per heavy atom. The Kier molecular flexibility index (Phi) is 11.9. The Morgan fingerprint density at radius 3 is 1.77 bits per heavy atom. The molecule has 0 aliphatic carbocycles. The highest BCUT2D eigenvalue weighted by Crippen LogP contribution is 2.04. The van der Waals surface area contributed by atoms with Crippen LogP contribution in [0.5, 0.6) is 0 Å². The average molecular weight is 232 g/mol. The van der Waals surface area contributed by atoms with E-state index in [-0.39, 0.29) is 0 Å². The van der Waals surface area contributed by atoms with Gasteiger partial charge in [-0.05, 0) is 48.8 Å². The van der Waals surface area contributed by atoms with Crippen LogP contribution < -0.4 is 0 Å². The molecule has 0 amide bonds. The van der Waals surface area contributed by atoms with E-state index >= 15 is 0 Å². The first-order valence-electron chi connectivity index (χ1n) is 4.07. The molecule has 0 unspecified atom stereocenters. The standard InChI is InChI=1S/C8H12N2S3/c11-7-9-3-1-5-13-6-2-4-10-8-12/h1-6H2. The summed E-state index contributed by atoms with van der Waals surface area (Å²) in [7, 11) is 0. The maximum absolute atomic E-state index is 4.45. The topological polar surface area (TPSA) is 24.7 Å². The zero-order valence-electron chi connectivity index (χ0n) is 7.36. The van der Waals surface area contributed by atoms with Crippen molar-refractivity contribution in [3.8, 4) is 0 Å². The van der Waals surface area contributed by atoms with Gasteiger partial charge in [0.15, 0.2) is 0 Å². The molecule has 0 aromatic carbocycles. The molecule has 0 spiro atoms. The summed E-state index contributed by atoms with van der Waals surface area (Å²) in [5, 5.41) is 4.70. The SMILES string of the molecule is S=C=NCCCSCCCN=C=S. The Labute approximate surface area is 93.9 Å². The zero-order valence-corrected chi connectivity index (χ0v) is 9.81. The highest BCUT2D eigenvalue weighted by molar-refractivity contribution is 7.99. The van der Waals surface area contributed by atoms with E-state index in [1.807, 2.05) is 11.8 Å². The van der Waals surface area contributed by atoms with Gasteiger partial charge in [-0.3, -0.25) is 0 Å². The minimum atomic E-state index is 0.800. The van der Waals surface area contributed by atoms with E-state index in [1.54, 1.807) is 0 Å². The van der Waals surface area contributed by atoms with E-state index in [9.17, 15) is 0 Å². The lowest BCUT2D eigenvalue weighted by molar-refractivity contribution is 0.932. The lowest BCUT2D eigenvalue weighted by Gasteiger charge is -1.96. The summed E-state index contributed by atoms with van der Waals surface area (Å²) in [4.78, 5) is 7.66. The minimum absolute atomic E-state index is 0.800. The van der Waals surface area contributed by atoms with Gasteiger partial charge in [0.05, 0.1) is 23.4 Å². The summed E-state index contributed by atoms with van der Waals surface area (Å²) in [5.41, 5.74) is 0. The van der Waals surface area contributed by atoms with Crippen molar-refractivity contribution < 1.29 is 0 Å². The Morgan fingerprint density at radius 1 is 0.923 bits per heavy atom. The van der Waals surface area contributed by atoms with Crippen molar-refractivity contribution in [3.05, 3.63) is 0 Å². The molecule has 0 radical (unpaired) electrons. The lowest BCUT2D eigenvalue weighted by Crippen LogP contribution is -1.88. The number of rotatable bonds is 8. The molecule has 0 rings (SSSR count). The number of thiocarbonyl (C=S) groups is 2. The van der Waals surface area contributed by atoms with Crippen LogP contribution in [0, 0.1) is 0 Å². The normalized spacial score (nSPS) is 8.62. The molecule has 0 saturated heterocycles. The second kappa shape index (κ2) is 11.9. The van der Waals surface area contributed by atoms with Crippen molar-refractivity contribution in [2.45, 2.75) is 12.8 Å². The molecular weight excluding hydrogens is 220 g/mol. The van der Waals surface area contributed by atoms with Gasteiger partial charge in [-0.25, -0.2) is 9.98 Å². The molecular formula is C8H12N2S3. The van der Waals surface area contributed by atoms with E-state index in [0.29, 0.717) is 0 Å². The minimum Gasteiger partial charge on any atom is -0.233 e. The molecule has 0 heterocycles. The molecule has 0 fully saturated rings. The summed E-state index contributed by atoms with van der Waals surface area (Å²) in [5.74, 6) is 2.25. The molecule has 0 aliphatic rings. The zero-order chi connectivity index (χ0) is 9.78. The predicted molar refractivity (Wildman–Crippen MR) is 66.3 cm³/mol. The van der Waals surface area contributed by atoms with Gasteiger partial charge in [0.2, 0.25) is 0 Å². The van der Waals surface area contributed by atoms with Gasteiger partial charge in [0.25, 0.3) is 0 Å². The highest BCUT2D eigenvalue weighted by atomic mass is 32.2. The van der Waals surface area contributed by atoms with E-state index in [0.717, 1.165) is 37.4 Å². The fourth-order valence-electron chi connectivity index (χ4n) is 0.685. The third kappa shape index (κ3) is 12.0. The van der Waals surface area contributed by atoms with Crippen LogP contribution in [0.4, 0.5) is 0 Å². The number of hydrogen-bond donors (Lipinski definition) is 0. The number of hydrogen-bond acceptors (Lipinski definition) is 5. The number of nitrogens with zero attached hydrogens (tertiary/aromatic N) is 2. The maximum atomic E-state index is 4.45. The van der Waals surface area contributed by atoms with Gasteiger partial charge in [0.1, 0.15) is 0 Å². The van der Waals surface area contributed by atoms with E-state index in [4.69, 9.17) is 0 Å². The molecule has 0 N–H and O–H groups in total. The Bertz CT molecular complexity index is 183. The van der Waals surface area contributed by atoms with Gasteiger partial charge in [-0.1, -0.05) is 0 Å². The molecule has 0 aromatic rings. The smallest absolute Gasteiger partial charge is 0.0584 e. The second-order valence-corrected chi connectivity index (χ2v) is 3.86. The van der Waals surface area contributed by atoms with E-state index in [1.165, 1.54) is 0 Å². The average Bonchev–Trinajstić information content (AvgIpc) is 2.16. The van der Waals surface area contributed by atoms with Crippen LogP contribution in [0.3, 0.4) is 0 Å². The Hall–Kier alpha value is -0.0500. The molecule has 5 heteroatoms. The molecule has 0 bridgehead atoms. The molecule has 0 aromatic heterocycles. The van der Waals surface area contributed by atoms with Crippen molar-refractivity contribution in [2.75, 3.05) is 24.6 Å². The fraction of sp³-hybridized carbons (Fsp3) is 0.750. The molecule has 72 valence electrons. The van der Waals surface area contributed by atoms with Gasteiger partial charge >= 0.3 is 0 Å².